The molecule has 15 heteroatoms. The second kappa shape index (κ2) is 9.92. The quantitative estimate of drug-likeness (QED) is 0.222. The molecule has 14 nitrogen and oxygen atoms in total. The highest BCUT2D eigenvalue weighted by molar-refractivity contribution is 6.02. The van der Waals surface area contributed by atoms with Crippen LogP contribution in [0.3, 0.4) is 0 Å². The highest BCUT2D eigenvalue weighted by Gasteiger charge is 2.32. The Kier molecular flexibility index (Phi) is 6.91. The van der Waals surface area contributed by atoms with E-state index in [4.69, 9.17) is 9.47 Å². The molecule has 0 saturated carbocycles. The Morgan fingerprint density at radius 2 is 2.00 bits per heavy atom. The van der Waals surface area contributed by atoms with Gasteiger partial charge < -0.3 is 35.1 Å². The van der Waals surface area contributed by atoms with Crippen molar-refractivity contribution < 1.29 is 39.0 Å². The van der Waals surface area contributed by atoms with E-state index in [0.717, 1.165) is 17.2 Å². The maximum Gasteiger partial charge on any atom is 0.345 e. The highest BCUT2D eigenvalue weighted by atomic mass is 19.2. The van der Waals surface area contributed by atoms with Crippen molar-refractivity contribution in [1.29, 1.82) is 0 Å². The molecule has 0 bridgehead atoms. The fourth-order valence-electron chi connectivity index (χ4n) is 3.49. The molecule has 4 rings (SSSR count). The number of anilines is 2. The van der Waals surface area contributed by atoms with Gasteiger partial charge in [0.15, 0.2) is 11.5 Å². The number of pyridine rings is 2. The third-order valence-electron chi connectivity index (χ3n) is 5.20. The molecule has 0 radical (unpaired) electrons. The van der Waals surface area contributed by atoms with Gasteiger partial charge in [-0.2, -0.15) is 14.4 Å². The van der Waals surface area contributed by atoms with E-state index in [1.807, 2.05) is 0 Å². The van der Waals surface area contributed by atoms with Gasteiger partial charge in [0.25, 0.3) is 0 Å². The molecular formula is C21H22FN7O7. The van der Waals surface area contributed by atoms with Crippen LogP contribution >= 0.6 is 0 Å². The number of nitrogens with one attached hydrogen (secondary N) is 2. The Balaban J connectivity index is 1.74. The van der Waals surface area contributed by atoms with Crippen LogP contribution in [0.2, 0.25) is 0 Å². The number of aliphatic hydroxyl groups excluding tert-OH is 1. The third kappa shape index (κ3) is 5.29. The van der Waals surface area contributed by atoms with Gasteiger partial charge >= 0.3 is 18.1 Å². The third-order valence-corrected chi connectivity index (χ3v) is 5.20. The van der Waals surface area contributed by atoms with Crippen LogP contribution in [-0.4, -0.2) is 74.7 Å². The normalized spacial score (nSPS) is 17.7. The van der Waals surface area contributed by atoms with Crippen molar-refractivity contribution in [2.75, 3.05) is 37.5 Å². The predicted molar refractivity (Wildman–Crippen MR) is 121 cm³/mol. The first-order valence-corrected chi connectivity index (χ1v) is 10.5. The average Bonchev–Trinajstić information content (AvgIpc) is 2.98. The summed E-state index contributed by atoms with van der Waals surface area (Å²) in [5.41, 5.74) is -0.135. The topological polar surface area (TPSA) is 191 Å². The molecule has 0 spiro atoms. The van der Waals surface area contributed by atoms with Gasteiger partial charge in [-0.15, -0.1) is 0 Å². The van der Waals surface area contributed by atoms with Crippen molar-refractivity contribution in [2.24, 2.45) is 0 Å². The second-order valence-electron chi connectivity index (χ2n) is 7.72. The van der Waals surface area contributed by atoms with E-state index in [2.05, 4.69) is 25.3 Å². The minimum atomic E-state index is -3.62. The summed E-state index contributed by atoms with van der Waals surface area (Å²) in [6.07, 6.45) is 1.04. The number of hydrogen-bond acceptors (Lipinski definition) is 11. The highest BCUT2D eigenvalue weighted by Crippen LogP contribution is 2.30. The monoisotopic (exact) mass is 503 g/mol. The van der Waals surface area contributed by atoms with Gasteiger partial charge in [-0.3, -0.25) is 15.2 Å². The number of ether oxygens (including phenoxy) is 2. The maximum absolute atomic E-state index is 13.6. The average molecular weight is 503 g/mol. The Labute approximate surface area is 203 Å². The molecule has 0 saturated heterocycles. The Morgan fingerprint density at radius 1 is 1.22 bits per heavy atom. The van der Waals surface area contributed by atoms with Gasteiger partial charge in [0, 0.05) is 30.1 Å². The second-order valence-corrected chi connectivity index (χ2v) is 7.72. The molecule has 190 valence electrons. The molecular weight excluding hydrogens is 481 g/mol. The van der Waals surface area contributed by atoms with Crippen LogP contribution in [-0.2, 0) is 6.04 Å². The number of alkyl halides is 1. The lowest BCUT2D eigenvalue weighted by molar-refractivity contribution is -0.779. The molecule has 1 unspecified atom stereocenters. The minimum absolute atomic E-state index is 0.0218. The number of aromatic nitrogens is 4. The van der Waals surface area contributed by atoms with Gasteiger partial charge in [-0.1, -0.05) is 0 Å². The van der Waals surface area contributed by atoms with Crippen LogP contribution in [0.4, 0.5) is 26.5 Å². The van der Waals surface area contributed by atoms with Gasteiger partial charge in [-0.05, 0) is 12.1 Å². The molecule has 3 aromatic rings. The predicted octanol–water partition coefficient (Wildman–Crippen LogP) is -0.558. The molecule has 1 aliphatic rings. The number of aliphatic hydroxyl groups is 3. The smallest absolute Gasteiger partial charge is 0.345 e. The Bertz CT molecular complexity index is 1250. The van der Waals surface area contributed by atoms with Crippen LogP contribution < -0.4 is 24.8 Å². The number of urea groups is 1. The van der Waals surface area contributed by atoms with E-state index < -0.39 is 28.8 Å². The number of halogens is 1. The van der Waals surface area contributed by atoms with Crippen LogP contribution in [0, 0.1) is 5.21 Å². The van der Waals surface area contributed by atoms with E-state index in [-0.39, 0.29) is 53.6 Å². The zero-order chi connectivity index (χ0) is 26.0. The summed E-state index contributed by atoms with van der Waals surface area (Å²) in [6.45, 7) is -0.525. The van der Waals surface area contributed by atoms with Crippen molar-refractivity contribution in [3.05, 3.63) is 47.4 Å². The fourth-order valence-corrected chi connectivity index (χ4v) is 3.49. The van der Waals surface area contributed by atoms with Crippen molar-refractivity contribution in [1.82, 2.24) is 19.9 Å². The zero-order valence-corrected chi connectivity index (χ0v) is 19.0. The summed E-state index contributed by atoms with van der Waals surface area (Å²) < 4.78 is 23.7. The van der Waals surface area contributed by atoms with E-state index >= 15 is 0 Å². The number of quaternary nitrogens is 1. The Morgan fingerprint density at radius 3 is 2.69 bits per heavy atom. The molecule has 5 N–H and O–H groups in total. The number of methoxy groups -OCH3 is 2. The zero-order valence-electron chi connectivity index (χ0n) is 19.0. The largest absolute Gasteiger partial charge is 0.629 e. The van der Waals surface area contributed by atoms with Gasteiger partial charge in [0.2, 0.25) is 5.88 Å². The number of rotatable bonds is 5. The molecule has 0 aliphatic carbocycles. The van der Waals surface area contributed by atoms with E-state index in [1.165, 1.54) is 38.6 Å². The standard InChI is InChI=1S/C21H22FN7O7/c1-35-17-6-16(25-19(27-17)36-2)26-20(31)28-9-13(30)10-29(34)15-4-3-14(24-18(15)28)11-5-12(8-23-7-11)21(22,32)33/h3-8,13,29-30,32-33H,9-10H2,1-2H3,(H,25,26,27,31)/t13-/m0/s1. The molecule has 2 amide bonds. The number of β-amino-alcohol motifs (C(OH)–C–C–N with tert-alkyl or cyclic N) is 1. The van der Waals surface area contributed by atoms with Crippen LogP contribution in [0.25, 0.3) is 11.3 Å². The summed E-state index contributed by atoms with van der Waals surface area (Å²) in [6, 6.07) is 0.815. The van der Waals surface area contributed by atoms with E-state index in [0.29, 0.717) is 0 Å². The van der Waals surface area contributed by atoms with Crippen molar-refractivity contribution in [2.45, 2.75) is 12.1 Å². The van der Waals surface area contributed by atoms with Crippen LogP contribution in [0.1, 0.15) is 5.56 Å². The molecule has 1 aliphatic heterocycles. The van der Waals surface area contributed by atoms with Gasteiger partial charge in [0.1, 0.15) is 18.5 Å². The molecule has 0 fully saturated rings. The Hall–Kier alpha value is -4.02. The number of nitrogens with zero attached hydrogens (tertiary/aromatic N) is 5. The van der Waals surface area contributed by atoms with Crippen molar-refractivity contribution in [3.8, 4) is 23.1 Å². The summed E-state index contributed by atoms with van der Waals surface area (Å²) in [5.74, 6) is 0.0612. The maximum atomic E-state index is 13.6. The SMILES string of the molecule is COc1cc(NC(=O)N2C[C@H](O)C[NH+]([O-])c3ccc(-c4cncc(C(O)(O)F)c4)nc32)nc(OC)n1. The number of hydrogen-bond donors (Lipinski definition) is 5. The number of hydroxylamine groups is 1. The minimum Gasteiger partial charge on any atom is -0.629 e. The lowest BCUT2D eigenvalue weighted by Gasteiger charge is -2.23. The van der Waals surface area contributed by atoms with Crippen molar-refractivity contribution >= 4 is 23.4 Å². The van der Waals surface area contributed by atoms with Gasteiger partial charge in [-0.25, -0.2) is 9.78 Å². The van der Waals surface area contributed by atoms with E-state index in [1.54, 1.807) is 0 Å². The van der Waals surface area contributed by atoms with Crippen LogP contribution in [0.5, 0.6) is 11.9 Å². The van der Waals surface area contributed by atoms with Crippen molar-refractivity contribution in [3.63, 3.8) is 0 Å². The summed E-state index contributed by atoms with van der Waals surface area (Å²) in [4.78, 5) is 30.5. The number of carbonyl (C=O) groups excluding carboxylic acids is 1. The summed E-state index contributed by atoms with van der Waals surface area (Å²) in [7, 11) is 2.71. The molecule has 0 aromatic carbocycles. The summed E-state index contributed by atoms with van der Waals surface area (Å²) >= 11 is 0. The first-order chi connectivity index (χ1) is 17.1. The number of amides is 2. The molecule has 36 heavy (non-hydrogen) atoms. The molecule has 4 heterocycles. The summed E-state index contributed by atoms with van der Waals surface area (Å²) in [5, 5.41) is 43.6. The molecule has 2 atom stereocenters. The lowest BCUT2D eigenvalue weighted by atomic mass is 10.1. The van der Waals surface area contributed by atoms with Crippen LogP contribution in [0.15, 0.2) is 36.7 Å². The fraction of sp³-hybridized carbons (Fsp3) is 0.286. The molecule has 3 aromatic heterocycles. The number of fused-ring (bicyclic) bond motifs is 1. The van der Waals surface area contributed by atoms with E-state index in [9.17, 15) is 29.7 Å². The first kappa shape index (κ1) is 25.1. The number of carbonyl (C=O) groups is 1. The lowest BCUT2D eigenvalue weighted by Crippen LogP contribution is -3.03. The van der Waals surface area contributed by atoms with Gasteiger partial charge in [0.05, 0.1) is 32.0 Å². The first-order valence-electron chi connectivity index (χ1n) is 10.5.